The predicted molar refractivity (Wildman–Crippen MR) is 151 cm³/mol. The molecule has 10 nitrogen and oxygen atoms in total. The zero-order valence-corrected chi connectivity index (χ0v) is 22.4. The summed E-state index contributed by atoms with van der Waals surface area (Å²) in [6.07, 6.45) is 3.66. The molecule has 5 rings (SSSR count). The van der Waals surface area contributed by atoms with Crippen molar-refractivity contribution in [2.75, 3.05) is 29.9 Å². The van der Waals surface area contributed by atoms with E-state index in [0.29, 0.717) is 22.6 Å². The maximum absolute atomic E-state index is 13.0. The highest BCUT2D eigenvalue weighted by atomic mass is 32.2. The molecule has 0 spiro atoms. The Morgan fingerprint density at radius 2 is 1.79 bits per heavy atom. The van der Waals surface area contributed by atoms with Gasteiger partial charge >= 0.3 is 0 Å². The Kier molecular flexibility index (Phi) is 7.25. The fourth-order valence-corrected chi connectivity index (χ4v) is 5.83. The number of nitro groups is 1. The second-order valence-corrected chi connectivity index (χ2v) is 10.5. The highest BCUT2D eigenvalue weighted by molar-refractivity contribution is 8.18. The number of imide groups is 1. The van der Waals surface area contributed by atoms with Crippen molar-refractivity contribution < 1.29 is 19.3 Å². The number of hydrogen-bond acceptors (Lipinski definition) is 7. The quantitative estimate of drug-likeness (QED) is 0.244. The lowest BCUT2D eigenvalue weighted by Crippen LogP contribution is -2.36. The summed E-state index contributed by atoms with van der Waals surface area (Å²) in [6.45, 7) is 4.95. The molecule has 2 fully saturated rings. The molecular weight excluding hydrogens is 518 g/mol. The SMILES string of the molecule is Cc1cc(/C=C2\SC(=O)N(CC(=O)Nc3ccccc3)C2=O)c(C)n1-c1ccc(N2CCCC2)c([N+](=O)[O-])c1. The van der Waals surface area contributed by atoms with Gasteiger partial charge in [0.05, 0.1) is 15.5 Å². The zero-order valence-electron chi connectivity index (χ0n) is 21.5. The van der Waals surface area contributed by atoms with Crippen molar-refractivity contribution in [3.63, 3.8) is 0 Å². The fraction of sp³-hybridized carbons (Fsp3) is 0.250. The fourth-order valence-electron chi connectivity index (χ4n) is 5.00. The molecule has 1 aromatic heterocycles. The van der Waals surface area contributed by atoms with E-state index in [4.69, 9.17) is 0 Å². The first-order chi connectivity index (χ1) is 18.7. The molecule has 3 heterocycles. The minimum atomic E-state index is -0.538. The highest BCUT2D eigenvalue weighted by Crippen LogP contribution is 2.36. The lowest BCUT2D eigenvalue weighted by Gasteiger charge is -2.19. The summed E-state index contributed by atoms with van der Waals surface area (Å²) in [5.41, 5.74) is 4.19. The van der Waals surface area contributed by atoms with Crippen LogP contribution in [-0.2, 0) is 9.59 Å². The van der Waals surface area contributed by atoms with E-state index in [0.717, 1.165) is 54.0 Å². The number of rotatable bonds is 7. The van der Waals surface area contributed by atoms with Crippen LogP contribution in [0.25, 0.3) is 11.8 Å². The van der Waals surface area contributed by atoms with Crippen LogP contribution in [0.2, 0.25) is 0 Å². The van der Waals surface area contributed by atoms with Gasteiger partial charge in [-0.15, -0.1) is 0 Å². The van der Waals surface area contributed by atoms with E-state index in [1.54, 1.807) is 42.5 Å². The van der Waals surface area contributed by atoms with Gasteiger partial charge in [-0.2, -0.15) is 0 Å². The number of nitrogens with one attached hydrogen (secondary N) is 1. The van der Waals surface area contributed by atoms with Crippen LogP contribution in [0.15, 0.2) is 59.5 Å². The van der Waals surface area contributed by atoms with E-state index in [1.165, 1.54) is 0 Å². The Morgan fingerprint density at radius 1 is 1.08 bits per heavy atom. The van der Waals surface area contributed by atoms with Crippen molar-refractivity contribution in [2.45, 2.75) is 26.7 Å². The Bertz CT molecular complexity index is 1510. The average molecular weight is 546 g/mol. The third kappa shape index (κ3) is 5.30. The molecule has 2 aromatic carbocycles. The summed E-state index contributed by atoms with van der Waals surface area (Å²) in [7, 11) is 0. The third-order valence-corrected chi connectivity index (χ3v) is 7.76. The molecule has 0 saturated carbocycles. The number of nitro benzene ring substituents is 1. The number of anilines is 2. The minimum absolute atomic E-state index is 0.0540. The summed E-state index contributed by atoms with van der Waals surface area (Å²) in [4.78, 5) is 52.7. The molecule has 0 radical (unpaired) electrons. The van der Waals surface area contributed by atoms with Crippen LogP contribution in [0, 0.1) is 24.0 Å². The van der Waals surface area contributed by atoms with Crippen LogP contribution >= 0.6 is 11.8 Å². The van der Waals surface area contributed by atoms with Crippen molar-refractivity contribution >= 4 is 52.0 Å². The lowest BCUT2D eigenvalue weighted by atomic mass is 10.2. The molecule has 0 bridgehead atoms. The van der Waals surface area contributed by atoms with Gasteiger partial charge < -0.3 is 14.8 Å². The van der Waals surface area contributed by atoms with Gasteiger partial charge in [0, 0.05) is 36.2 Å². The maximum atomic E-state index is 13.0. The predicted octanol–water partition coefficient (Wildman–Crippen LogP) is 5.28. The van der Waals surface area contributed by atoms with Crippen molar-refractivity contribution in [3.05, 3.63) is 86.6 Å². The first-order valence-corrected chi connectivity index (χ1v) is 13.4. The van der Waals surface area contributed by atoms with Crippen molar-refractivity contribution in [3.8, 4) is 5.69 Å². The van der Waals surface area contributed by atoms with E-state index in [9.17, 15) is 24.5 Å². The topological polar surface area (TPSA) is 118 Å². The van der Waals surface area contributed by atoms with E-state index >= 15 is 0 Å². The molecule has 2 aliphatic rings. The molecule has 0 atom stereocenters. The monoisotopic (exact) mass is 545 g/mol. The first kappa shape index (κ1) is 26.2. The second kappa shape index (κ2) is 10.8. The molecule has 39 heavy (non-hydrogen) atoms. The van der Waals surface area contributed by atoms with E-state index < -0.39 is 17.1 Å². The molecule has 0 aliphatic carbocycles. The largest absolute Gasteiger partial charge is 0.366 e. The van der Waals surface area contributed by atoms with Crippen LogP contribution < -0.4 is 10.2 Å². The van der Waals surface area contributed by atoms with Gasteiger partial charge in [-0.05, 0) is 80.4 Å². The van der Waals surface area contributed by atoms with Crippen LogP contribution in [0.3, 0.4) is 0 Å². The highest BCUT2D eigenvalue weighted by Gasteiger charge is 2.36. The van der Waals surface area contributed by atoms with E-state index in [1.807, 2.05) is 41.5 Å². The Balaban J connectivity index is 1.38. The second-order valence-electron chi connectivity index (χ2n) is 9.47. The summed E-state index contributed by atoms with van der Waals surface area (Å²) in [5.74, 6) is -1.01. The van der Waals surface area contributed by atoms with Crippen LogP contribution in [-0.4, -0.2) is 51.1 Å². The number of nitrogens with zero attached hydrogens (tertiary/aromatic N) is 4. The van der Waals surface area contributed by atoms with Gasteiger partial charge in [0.15, 0.2) is 0 Å². The first-order valence-electron chi connectivity index (χ1n) is 12.6. The summed E-state index contributed by atoms with van der Waals surface area (Å²) >= 11 is 0.781. The van der Waals surface area contributed by atoms with E-state index in [-0.39, 0.29) is 22.1 Å². The van der Waals surface area contributed by atoms with Crippen molar-refractivity contribution in [1.29, 1.82) is 0 Å². The number of thioether (sulfide) groups is 1. The summed E-state index contributed by atoms with van der Waals surface area (Å²) in [6, 6.07) is 15.9. The average Bonchev–Trinajstić information content (AvgIpc) is 3.60. The Morgan fingerprint density at radius 3 is 2.49 bits per heavy atom. The standard InChI is InChI=1S/C28H27N5O5S/c1-18-14-20(15-25-27(35)31(28(36)39-25)17-26(34)29-21-8-4-3-5-9-21)19(2)32(18)22-10-11-23(24(16-22)33(37)38)30-12-6-7-13-30/h3-5,8-11,14-16H,6-7,12-13,17H2,1-2H3,(H,29,34)/b25-15-. The normalized spacial score (nSPS) is 16.4. The summed E-state index contributed by atoms with van der Waals surface area (Å²) < 4.78 is 1.89. The van der Waals surface area contributed by atoms with Gasteiger partial charge in [-0.25, -0.2) is 0 Å². The van der Waals surface area contributed by atoms with E-state index in [2.05, 4.69) is 5.32 Å². The number of hydrogen-bond donors (Lipinski definition) is 1. The van der Waals surface area contributed by atoms with Gasteiger partial charge in [0.2, 0.25) is 5.91 Å². The Hall–Kier alpha value is -4.38. The number of para-hydroxylation sites is 1. The summed E-state index contributed by atoms with van der Waals surface area (Å²) in [5, 5.41) is 14.1. The number of benzene rings is 2. The van der Waals surface area contributed by atoms with Crippen molar-refractivity contribution in [1.82, 2.24) is 9.47 Å². The lowest BCUT2D eigenvalue weighted by molar-refractivity contribution is -0.384. The molecule has 3 aromatic rings. The Labute approximate surface area is 229 Å². The number of carbonyl (C=O) groups is 3. The smallest absolute Gasteiger partial charge is 0.294 e. The van der Waals surface area contributed by atoms with Gasteiger partial charge in [0.1, 0.15) is 12.2 Å². The van der Waals surface area contributed by atoms with Gasteiger partial charge in [-0.3, -0.25) is 29.4 Å². The van der Waals surface area contributed by atoms with Crippen molar-refractivity contribution in [2.24, 2.45) is 0 Å². The molecule has 0 unspecified atom stereocenters. The number of aromatic nitrogens is 1. The molecule has 11 heteroatoms. The van der Waals surface area contributed by atoms with Crippen LogP contribution in [0.1, 0.15) is 29.8 Å². The number of carbonyl (C=O) groups excluding carboxylic acids is 3. The van der Waals surface area contributed by atoms with Crippen LogP contribution in [0.4, 0.5) is 21.9 Å². The molecule has 2 saturated heterocycles. The molecular formula is C28H27N5O5S. The number of amides is 3. The number of aryl methyl sites for hydroxylation is 1. The molecule has 3 amide bonds. The molecule has 200 valence electrons. The van der Waals surface area contributed by atoms with Crippen LogP contribution in [0.5, 0.6) is 0 Å². The minimum Gasteiger partial charge on any atom is -0.366 e. The third-order valence-electron chi connectivity index (χ3n) is 6.85. The van der Waals surface area contributed by atoms with Gasteiger partial charge in [-0.1, -0.05) is 18.2 Å². The van der Waals surface area contributed by atoms with Gasteiger partial charge in [0.25, 0.3) is 16.8 Å². The molecule has 1 N–H and O–H groups in total. The molecule has 2 aliphatic heterocycles. The zero-order chi connectivity index (χ0) is 27.7. The maximum Gasteiger partial charge on any atom is 0.294 e.